The van der Waals surface area contributed by atoms with Gasteiger partial charge in [0.05, 0.1) is 0 Å². The topological polar surface area (TPSA) is 72.4 Å². The Bertz CT molecular complexity index is 900. The molecule has 2 aromatic heterocycles. The molecule has 0 aliphatic heterocycles. The number of aryl methyl sites for hydroxylation is 1. The zero-order chi connectivity index (χ0) is 17.8. The van der Waals surface area contributed by atoms with E-state index in [4.69, 9.17) is 8.94 Å². The SMILES string of the molecule is C=CCN(Cc1nc(-c2cccc(C)c2)no1)C(=O)c1ccc(Br)o1. The first-order chi connectivity index (χ1) is 12.1. The lowest BCUT2D eigenvalue weighted by Crippen LogP contribution is -2.30. The number of furan rings is 1. The van der Waals surface area contributed by atoms with Crippen LogP contribution in [0, 0.1) is 6.92 Å². The van der Waals surface area contributed by atoms with Gasteiger partial charge in [0.1, 0.15) is 6.54 Å². The molecule has 0 atom stereocenters. The van der Waals surface area contributed by atoms with Gasteiger partial charge in [0, 0.05) is 12.1 Å². The van der Waals surface area contributed by atoms with E-state index in [0.717, 1.165) is 11.1 Å². The summed E-state index contributed by atoms with van der Waals surface area (Å²) in [5, 5.41) is 4.00. The molecule has 0 spiro atoms. The highest BCUT2D eigenvalue weighted by atomic mass is 79.9. The summed E-state index contributed by atoms with van der Waals surface area (Å²) in [6, 6.07) is 11.1. The monoisotopic (exact) mass is 401 g/mol. The molecule has 3 aromatic rings. The maximum atomic E-state index is 12.5. The number of rotatable bonds is 6. The van der Waals surface area contributed by atoms with Crippen molar-refractivity contribution >= 4 is 21.8 Å². The second-order valence-electron chi connectivity index (χ2n) is 5.46. The molecule has 0 aliphatic carbocycles. The largest absolute Gasteiger partial charge is 0.444 e. The highest BCUT2D eigenvalue weighted by Gasteiger charge is 2.21. The van der Waals surface area contributed by atoms with Gasteiger partial charge in [-0.3, -0.25) is 4.79 Å². The zero-order valence-corrected chi connectivity index (χ0v) is 15.2. The average molecular weight is 402 g/mol. The van der Waals surface area contributed by atoms with Crippen LogP contribution in [-0.4, -0.2) is 27.5 Å². The number of amides is 1. The van der Waals surface area contributed by atoms with E-state index < -0.39 is 0 Å². The molecule has 2 heterocycles. The van der Waals surface area contributed by atoms with E-state index in [2.05, 4.69) is 32.6 Å². The molecular formula is C18H16BrN3O3. The number of aromatic nitrogens is 2. The lowest BCUT2D eigenvalue weighted by atomic mass is 10.1. The predicted octanol–water partition coefficient (Wildman–Crippen LogP) is 4.23. The molecule has 1 aromatic carbocycles. The first-order valence-electron chi connectivity index (χ1n) is 7.62. The van der Waals surface area contributed by atoms with E-state index in [1.54, 1.807) is 18.2 Å². The fraction of sp³-hybridized carbons (Fsp3) is 0.167. The first kappa shape index (κ1) is 17.2. The molecule has 7 heteroatoms. The van der Waals surface area contributed by atoms with Crippen molar-refractivity contribution in [3.05, 3.63) is 70.9 Å². The number of hydrogen-bond donors (Lipinski definition) is 0. The van der Waals surface area contributed by atoms with Crippen LogP contribution in [0.4, 0.5) is 0 Å². The van der Waals surface area contributed by atoms with E-state index in [0.29, 0.717) is 22.9 Å². The van der Waals surface area contributed by atoms with Crippen molar-refractivity contribution in [1.82, 2.24) is 15.0 Å². The summed E-state index contributed by atoms with van der Waals surface area (Å²) in [5.74, 6) is 0.788. The molecule has 3 rings (SSSR count). The van der Waals surface area contributed by atoms with E-state index in [1.807, 2.05) is 31.2 Å². The van der Waals surface area contributed by atoms with E-state index in [1.165, 1.54) is 4.90 Å². The summed E-state index contributed by atoms with van der Waals surface area (Å²) in [5.41, 5.74) is 1.97. The summed E-state index contributed by atoms with van der Waals surface area (Å²) in [4.78, 5) is 18.4. The third-order valence-corrected chi connectivity index (χ3v) is 3.92. The van der Waals surface area contributed by atoms with Gasteiger partial charge in [0.2, 0.25) is 11.7 Å². The molecular weight excluding hydrogens is 386 g/mol. The quantitative estimate of drug-likeness (QED) is 0.577. The lowest BCUT2D eigenvalue weighted by molar-refractivity contribution is 0.0712. The minimum absolute atomic E-state index is 0.169. The van der Waals surface area contributed by atoms with Crippen LogP contribution in [0.3, 0.4) is 0 Å². The minimum atomic E-state index is -0.277. The standard InChI is InChI=1S/C18H16BrN3O3/c1-3-9-22(18(23)14-7-8-15(19)24-14)11-16-20-17(21-25-16)13-6-4-5-12(2)10-13/h3-8,10H,1,9,11H2,2H3. The van der Waals surface area contributed by atoms with Gasteiger partial charge < -0.3 is 13.8 Å². The summed E-state index contributed by atoms with van der Waals surface area (Å²) in [6.07, 6.45) is 1.63. The molecule has 128 valence electrons. The molecule has 0 N–H and O–H groups in total. The number of halogens is 1. The van der Waals surface area contributed by atoms with Crippen LogP contribution >= 0.6 is 15.9 Å². The van der Waals surface area contributed by atoms with Crippen molar-refractivity contribution < 1.29 is 13.7 Å². The summed E-state index contributed by atoms with van der Waals surface area (Å²) in [7, 11) is 0. The van der Waals surface area contributed by atoms with Crippen molar-refractivity contribution in [2.45, 2.75) is 13.5 Å². The van der Waals surface area contributed by atoms with Gasteiger partial charge >= 0.3 is 0 Å². The highest BCUT2D eigenvalue weighted by Crippen LogP contribution is 2.19. The molecule has 0 saturated carbocycles. The van der Waals surface area contributed by atoms with Crippen molar-refractivity contribution in [1.29, 1.82) is 0 Å². The van der Waals surface area contributed by atoms with Crippen LogP contribution in [0.5, 0.6) is 0 Å². The van der Waals surface area contributed by atoms with Crippen molar-refractivity contribution in [2.24, 2.45) is 0 Å². The Kier molecular flexibility index (Phi) is 5.14. The van der Waals surface area contributed by atoms with Gasteiger partial charge in [-0.2, -0.15) is 4.98 Å². The van der Waals surface area contributed by atoms with Crippen LogP contribution in [0.15, 0.2) is 62.7 Å². The van der Waals surface area contributed by atoms with Gasteiger partial charge in [0.25, 0.3) is 5.91 Å². The predicted molar refractivity (Wildman–Crippen MR) is 95.8 cm³/mol. The number of hydrogen-bond acceptors (Lipinski definition) is 5. The molecule has 25 heavy (non-hydrogen) atoms. The lowest BCUT2D eigenvalue weighted by Gasteiger charge is -2.17. The smallest absolute Gasteiger partial charge is 0.290 e. The summed E-state index contributed by atoms with van der Waals surface area (Å²) >= 11 is 3.19. The Morgan fingerprint density at radius 3 is 2.88 bits per heavy atom. The van der Waals surface area contributed by atoms with Gasteiger partial charge in [0.15, 0.2) is 10.4 Å². The molecule has 0 saturated heterocycles. The second-order valence-corrected chi connectivity index (χ2v) is 6.24. The summed E-state index contributed by atoms with van der Waals surface area (Å²) < 4.78 is 11.1. The Hall–Kier alpha value is -2.67. The van der Waals surface area contributed by atoms with Gasteiger partial charge in [-0.25, -0.2) is 0 Å². The van der Waals surface area contributed by atoms with Crippen molar-refractivity contribution in [3.63, 3.8) is 0 Å². The Morgan fingerprint density at radius 1 is 1.36 bits per heavy atom. The third kappa shape index (κ3) is 4.06. The number of benzene rings is 1. The van der Waals surface area contributed by atoms with Crippen LogP contribution in [0.2, 0.25) is 0 Å². The highest BCUT2D eigenvalue weighted by molar-refractivity contribution is 9.10. The third-order valence-electron chi connectivity index (χ3n) is 3.49. The first-order valence-corrected chi connectivity index (χ1v) is 8.41. The maximum absolute atomic E-state index is 12.5. The van der Waals surface area contributed by atoms with E-state index in [9.17, 15) is 4.79 Å². The number of carbonyl (C=O) groups is 1. The van der Waals surface area contributed by atoms with E-state index in [-0.39, 0.29) is 18.2 Å². The van der Waals surface area contributed by atoms with Gasteiger partial charge in [-0.1, -0.05) is 35.0 Å². The normalized spacial score (nSPS) is 10.6. The average Bonchev–Trinajstić information content (AvgIpc) is 3.23. The minimum Gasteiger partial charge on any atom is -0.444 e. The van der Waals surface area contributed by atoms with Crippen molar-refractivity contribution in [2.75, 3.05) is 6.54 Å². The maximum Gasteiger partial charge on any atom is 0.290 e. The second kappa shape index (κ2) is 7.48. The Morgan fingerprint density at radius 2 is 2.20 bits per heavy atom. The molecule has 0 bridgehead atoms. The van der Waals surface area contributed by atoms with Crippen LogP contribution in [0.25, 0.3) is 11.4 Å². The fourth-order valence-corrected chi connectivity index (χ4v) is 2.65. The summed E-state index contributed by atoms with van der Waals surface area (Å²) in [6.45, 7) is 6.18. The van der Waals surface area contributed by atoms with E-state index >= 15 is 0 Å². The van der Waals surface area contributed by atoms with Crippen LogP contribution < -0.4 is 0 Å². The van der Waals surface area contributed by atoms with Crippen LogP contribution in [-0.2, 0) is 6.54 Å². The fourth-order valence-electron chi connectivity index (χ4n) is 2.34. The molecule has 0 radical (unpaired) electrons. The molecule has 0 aliphatic rings. The van der Waals surface area contributed by atoms with Crippen molar-refractivity contribution in [3.8, 4) is 11.4 Å². The Balaban J connectivity index is 1.79. The van der Waals surface area contributed by atoms with Gasteiger partial charge in [-0.05, 0) is 41.1 Å². The number of nitrogens with zero attached hydrogens (tertiary/aromatic N) is 3. The molecule has 0 unspecified atom stereocenters. The molecule has 1 amide bonds. The van der Waals surface area contributed by atoms with Gasteiger partial charge in [-0.15, -0.1) is 6.58 Å². The van der Waals surface area contributed by atoms with Crippen LogP contribution in [0.1, 0.15) is 22.0 Å². The molecule has 6 nitrogen and oxygen atoms in total. The number of carbonyl (C=O) groups excluding carboxylic acids is 1. The molecule has 0 fully saturated rings. The Labute approximate surface area is 153 Å². The zero-order valence-electron chi connectivity index (χ0n) is 13.6.